The minimum absolute atomic E-state index is 0.00693. The highest BCUT2D eigenvalue weighted by Crippen LogP contribution is 2.50. The maximum Gasteiger partial charge on any atom is 0.234 e. The number of Topliss-reactive ketones (excluding diaryl/α,β-unsaturated/α-hetero) is 1. The van der Waals surface area contributed by atoms with Crippen LogP contribution in [0.1, 0.15) is 49.3 Å². The van der Waals surface area contributed by atoms with Crippen molar-refractivity contribution in [1.29, 1.82) is 5.26 Å². The lowest BCUT2D eigenvalue weighted by Crippen LogP contribution is -2.42. The number of aryl methyl sites for hydroxylation is 2. The molecule has 1 atom stereocenters. The number of hydrogen-bond acceptors (Lipinski definition) is 9. The van der Waals surface area contributed by atoms with Gasteiger partial charge in [0.1, 0.15) is 5.82 Å². The molecule has 0 spiro atoms. The predicted octanol–water partition coefficient (Wildman–Crippen LogP) is 5.83. The number of hydrogen-bond donors (Lipinski definition) is 2. The first-order chi connectivity index (χ1) is 19.1. The Morgan fingerprint density at radius 2 is 1.93 bits per heavy atom. The Hall–Kier alpha value is -3.94. The van der Waals surface area contributed by atoms with E-state index in [9.17, 15) is 14.9 Å². The van der Waals surface area contributed by atoms with E-state index in [4.69, 9.17) is 5.73 Å². The third kappa shape index (κ3) is 5.40. The number of nitriles is 1. The van der Waals surface area contributed by atoms with E-state index in [1.807, 2.05) is 62.4 Å². The fraction of sp³-hybridized carbons (Fsp3) is 0.300. The summed E-state index contributed by atoms with van der Waals surface area (Å²) in [4.78, 5) is 27.9. The summed E-state index contributed by atoms with van der Waals surface area (Å²) in [5.74, 6) is -0.263. The topological polar surface area (TPSA) is 125 Å². The van der Waals surface area contributed by atoms with E-state index >= 15 is 0 Å². The average molecular weight is 571 g/mol. The lowest BCUT2D eigenvalue weighted by Gasteiger charge is -2.42. The van der Waals surface area contributed by atoms with Crippen molar-refractivity contribution in [2.75, 3.05) is 16.0 Å². The van der Waals surface area contributed by atoms with Gasteiger partial charge in [0.25, 0.3) is 0 Å². The molecule has 0 radical (unpaired) electrons. The fourth-order valence-corrected chi connectivity index (χ4v) is 6.88. The summed E-state index contributed by atoms with van der Waals surface area (Å²) in [6.45, 7) is 8.14. The van der Waals surface area contributed by atoms with E-state index in [1.54, 1.807) is 4.90 Å². The van der Waals surface area contributed by atoms with Crippen molar-refractivity contribution < 1.29 is 9.59 Å². The van der Waals surface area contributed by atoms with Crippen LogP contribution in [0.2, 0.25) is 0 Å². The van der Waals surface area contributed by atoms with Gasteiger partial charge in [0, 0.05) is 23.4 Å². The summed E-state index contributed by atoms with van der Waals surface area (Å²) in [5.41, 5.74) is 11.9. The van der Waals surface area contributed by atoms with Crippen molar-refractivity contribution in [3.8, 4) is 6.07 Å². The van der Waals surface area contributed by atoms with E-state index in [0.29, 0.717) is 33.5 Å². The molecule has 2 aliphatic rings. The number of nitrogens with one attached hydrogen (secondary N) is 1. The van der Waals surface area contributed by atoms with Crippen molar-refractivity contribution in [2.45, 2.75) is 50.8 Å². The third-order valence-electron chi connectivity index (χ3n) is 7.22. The number of allylic oxidation sites excluding steroid dienone is 3. The second-order valence-electron chi connectivity index (χ2n) is 10.9. The summed E-state index contributed by atoms with van der Waals surface area (Å²) >= 11 is 2.56. The number of benzene rings is 2. The Morgan fingerprint density at radius 3 is 2.62 bits per heavy atom. The number of aromatic nitrogens is 2. The van der Waals surface area contributed by atoms with E-state index in [0.717, 1.165) is 28.1 Å². The van der Waals surface area contributed by atoms with E-state index in [1.165, 1.54) is 23.1 Å². The molecule has 2 heterocycles. The van der Waals surface area contributed by atoms with Crippen molar-refractivity contribution >= 4 is 45.6 Å². The van der Waals surface area contributed by atoms with Crippen molar-refractivity contribution in [1.82, 2.24) is 10.2 Å². The van der Waals surface area contributed by atoms with E-state index in [2.05, 4.69) is 35.4 Å². The highest BCUT2D eigenvalue weighted by molar-refractivity contribution is 8.01. The van der Waals surface area contributed by atoms with Gasteiger partial charge in [-0.05, 0) is 54.5 Å². The van der Waals surface area contributed by atoms with Crippen LogP contribution < -0.4 is 16.0 Å². The van der Waals surface area contributed by atoms with Gasteiger partial charge in [-0.25, -0.2) is 0 Å². The molecule has 0 saturated heterocycles. The first kappa shape index (κ1) is 27.6. The van der Waals surface area contributed by atoms with Gasteiger partial charge in [0.05, 0.1) is 23.3 Å². The standard InChI is InChI=1S/C30H30N6O2S2/c1-17-10-11-20(12-18(17)2)33-24(38)16-39-29-35-34-28(40-29)36-22-13-30(3,4)14-23(37)26(22)25(21(15-31)27(36)32)19-8-6-5-7-9-19/h5-12,25H,13-14,16,32H2,1-4H3,(H,33,38). The normalized spacial score (nSPS) is 18.4. The Kier molecular flexibility index (Phi) is 7.53. The van der Waals surface area contributed by atoms with Crippen LogP contribution in [0.25, 0.3) is 0 Å². The number of carbonyl (C=O) groups excluding carboxylic acids is 2. The number of rotatable bonds is 6. The van der Waals surface area contributed by atoms with Crippen LogP contribution in [0, 0.1) is 30.6 Å². The zero-order valence-corrected chi connectivity index (χ0v) is 24.4. The number of ketones is 1. The Bertz CT molecular complexity index is 1600. The molecule has 8 nitrogen and oxygen atoms in total. The number of anilines is 2. The molecule has 10 heteroatoms. The van der Waals surface area contributed by atoms with Crippen LogP contribution in [-0.2, 0) is 9.59 Å². The minimum Gasteiger partial charge on any atom is -0.384 e. The third-order valence-corrected chi connectivity index (χ3v) is 9.26. The molecule has 0 saturated carbocycles. The molecule has 1 aromatic heterocycles. The van der Waals surface area contributed by atoms with Crippen molar-refractivity contribution in [3.63, 3.8) is 0 Å². The van der Waals surface area contributed by atoms with Crippen LogP contribution in [0.3, 0.4) is 0 Å². The zero-order valence-electron chi connectivity index (χ0n) is 22.8. The largest absolute Gasteiger partial charge is 0.384 e. The molecule has 1 unspecified atom stereocenters. The van der Waals surface area contributed by atoms with Gasteiger partial charge in [0.2, 0.25) is 11.0 Å². The molecule has 1 amide bonds. The van der Waals surface area contributed by atoms with Crippen molar-refractivity contribution in [2.24, 2.45) is 11.1 Å². The smallest absolute Gasteiger partial charge is 0.234 e. The SMILES string of the molecule is Cc1ccc(NC(=O)CSc2nnc(N3C(N)=C(C#N)C(c4ccccc4)C4=C3CC(C)(C)CC4=O)s2)cc1C. The monoisotopic (exact) mass is 570 g/mol. The number of amides is 1. The molecule has 5 rings (SSSR count). The molecule has 3 N–H and O–H groups in total. The molecule has 0 bridgehead atoms. The lowest BCUT2D eigenvalue weighted by atomic mass is 9.69. The Labute approximate surface area is 242 Å². The van der Waals surface area contributed by atoms with E-state index < -0.39 is 5.92 Å². The highest BCUT2D eigenvalue weighted by Gasteiger charge is 2.45. The van der Waals surface area contributed by atoms with Gasteiger partial charge in [-0.1, -0.05) is 73.3 Å². The van der Waals surface area contributed by atoms with Crippen LogP contribution in [0.15, 0.2) is 75.5 Å². The molecular formula is C30H30N6O2S2. The van der Waals surface area contributed by atoms with Gasteiger partial charge < -0.3 is 11.1 Å². The quantitative estimate of drug-likeness (QED) is 0.355. The number of thioether (sulfide) groups is 1. The van der Waals surface area contributed by atoms with Gasteiger partial charge in [-0.2, -0.15) is 5.26 Å². The minimum atomic E-state index is -0.531. The highest BCUT2D eigenvalue weighted by atomic mass is 32.2. The van der Waals surface area contributed by atoms with Gasteiger partial charge in [0.15, 0.2) is 10.1 Å². The Morgan fingerprint density at radius 1 is 1.18 bits per heavy atom. The summed E-state index contributed by atoms with van der Waals surface area (Å²) in [6.07, 6.45) is 0.978. The molecular weight excluding hydrogens is 541 g/mol. The first-order valence-electron chi connectivity index (χ1n) is 12.9. The summed E-state index contributed by atoms with van der Waals surface area (Å²) in [7, 11) is 0. The number of nitrogens with two attached hydrogens (primary N) is 1. The van der Waals surface area contributed by atoms with Gasteiger partial charge in [-0.3, -0.25) is 14.5 Å². The van der Waals surface area contributed by atoms with E-state index in [-0.39, 0.29) is 28.7 Å². The molecule has 1 aliphatic heterocycles. The molecule has 2 aromatic carbocycles. The lowest BCUT2D eigenvalue weighted by molar-refractivity contribution is -0.118. The van der Waals surface area contributed by atoms with Crippen LogP contribution in [0.4, 0.5) is 10.8 Å². The first-order valence-corrected chi connectivity index (χ1v) is 14.7. The van der Waals surface area contributed by atoms with Crippen molar-refractivity contribution in [3.05, 3.63) is 87.9 Å². The van der Waals surface area contributed by atoms with Crippen LogP contribution in [-0.4, -0.2) is 27.6 Å². The Balaban J connectivity index is 1.44. The zero-order chi connectivity index (χ0) is 28.6. The fourth-order valence-electron chi connectivity index (χ4n) is 5.20. The second kappa shape index (κ2) is 10.9. The molecule has 0 fully saturated rings. The summed E-state index contributed by atoms with van der Waals surface area (Å²) in [6, 6.07) is 17.6. The van der Waals surface area contributed by atoms with Gasteiger partial charge in [-0.15, -0.1) is 10.2 Å². The molecule has 204 valence electrons. The van der Waals surface area contributed by atoms with Crippen LogP contribution >= 0.6 is 23.1 Å². The maximum atomic E-state index is 13.6. The number of carbonyl (C=O) groups is 2. The second-order valence-corrected chi connectivity index (χ2v) is 13.1. The average Bonchev–Trinajstić information content (AvgIpc) is 3.37. The number of nitrogens with zero attached hydrogens (tertiary/aromatic N) is 4. The maximum absolute atomic E-state index is 13.6. The van der Waals surface area contributed by atoms with Gasteiger partial charge >= 0.3 is 0 Å². The molecule has 1 aliphatic carbocycles. The summed E-state index contributed by atoms with van der Waals surface area (Å²) in [5, 5.41) is 22.3. The molecule has 40 heavy (non-hydrogen) atoms. The van der Waals surface area contributed by atoms with Crippen LogP contribution in [0.5, 0.6) is 0 Å². The summed E-state index contributed by atoms with van der Waals surface area (Å²) < 4.78 is 0.588. The predicted molar refractivity (Wildman–Crippen MR) is 159 cm³/mol. The molecule has 3 aromatic rings.